The van der Waals surface area contributed by atoms with Gasteiger partial charge in [0.25, 0.3) is 0 Å². The Morgan fingerprint density at radius 3 is 2.67 bits per heavy atom. The van der Waals surface area contributed by atoms with Crippen LogP contribution in [0, 0.1) is 0 Å². The van der Waals surface area contributed by atoms with Crippen LogP contribution in [0.2, 0.25) is 0 Å². The van der Waals surface area contributed by atoms with Crippen LogP contribution in [-0.2, 0) is 14.3 Å². The highest BCUT2D eigenvalue weighted by atomic mass is 16.5. The highest BCUT2D eigenvalue weighted by Crippen LogP contribution is 2.39. The van der Waals surface area contributed by atoms with Crippen LogP contribution in [0.25, 0.3) is 0 Å². The summed E-state index contributed by atoms with van der Waals surface area (Å²) in [6.45, 7) is 6.39. The summed E-state index contributed by atoms with van der Waals surface area (Å²) in [7, 11) is 0. The standard InChI is InChI=1S/C18H24O3/c1-4-18(13-17(19)20-5-2)12-14(3)11-16(21-18)15-9-7-6-8-10-15/h6-10,12,16H,4-5,11,13H2,1-3H3/t16-,18+/m1/s1. The lowest BCUT2D eigenvalue weighted by Gasteiger charge is -2.38. The number of carbonyl (C=O) groups is 1. The zero-order valence-electron chi connectivity index (χ0n) is 13.1. The van der Waals surface area contributed by atoms with Gasteiger partial charge in [0.15, 0.2) is 0 Å². The number of esters is 1. The van der Waals surface area contributed by atoms with E-state index in [2.05, 4.69) is 32.1 Å². The summed E-state index contributed by atoms with van der Waals surface area (Å²) in [5.74, 6) is -0.197. The Labute approximate surface area is 127 Å². The van der Waals surface area contributed by atoms with E-state index in [1.54, 1.807) is 0 Å². The van der Waals surface area contributed by atoms with Crippen molar-refractivity contribution in [3.63, 3.8) is 0 Å². The van der Waals surface area contributed by atoms with Crippen molar-refractivity contribution < 1.29 is 14.3 Å². The normalized spacial score (nSPS) is 25.3. The van der Waals surface area contributed by atoms with Gasteiger partial charge in [-0.3, -0.25) is 4.79 Å². The van der Waals surface area contributed by atoms with Crippen LogP contribution in [0.1, 0.15) is 51.7 Å². The third-order valence-electron chi connectivity index (χ3n) is 3.91. The molecule has 1 aliphatic heterocycles. The number of ether oxygens (including phenoxy) is 2. The van der Waals surface area contributed by atoms with Crippen molar-refractivity contribution in [3.05, 3.63) is 47.5 Å². The van der Waals surface area contributed by atoms with Crippen molar-refractivity contribution in [2.24, 2.45) is 0 Å². The topological polar surface area (TPSA) is 35.5 Å². The van der Waals surface area contributed by atoms with E-state index in [1.165, 1.54) is 5.57 Å². The predicted molar refractivity (Wildman–Crippen MR) is 82.9 cm³/mol. The van der Waals surface area contributed by atoms with Crippen LogP contribution in [0.15, 0.2) is 42.0 Å². The Bertz CT molecular complexity index is 506. The lowest BCUT2D eigenvalue weighted by molar-refractivity contribution is -0.153. The Kier molecular flexibility index (Phi) is 5.18. The van der Waals surface area contributed by atoms with E-state index in [-0.39, 0.29) is 18.5 Å². The van der Waals surface area contributed by atoms with Gasteiger partial charge in [-0.05, 0) is 32.3 Å². The van der Waals surface area contributed by atoms with Crippen molar-refractivity contribution >= 4 is 5.97 Å². The summed E-state index contributed by atoms with van der Waals surface area (Å²) in [6.07, 6.45) is 4.01. The maximum absolute atomic E-state index is 11.9. The minimum Gasteiger partial charge on any atom is -0.466 e. The van der Waals surface area contributed by atoms with Crippen LogP contribution in [0.4, 0.5) is 0 Å². The Balaban J connectivity index is 2.21. The highest BCUT2D eigenvalue weighted by molar-refractivity contribution is 5.71. The number of benzene rings is 1. The molecule has 1 aromatic carbocycles. The number of hydrogen-bond acceptors (Lipinski definition) is 3. The van der Waals surface area contributed by atoms with Gasteiger partial charge in [-0.25, -0.2) is 0 Å². The summed E-state index contributed by atoms with van der Waals surface area (Å²) < 4.78 is 11.4. The molecule has 0 saturated carbocycles. The van der Waals surface area contributed by atoms with Crippen molar-refractivity contribution in [3.8, 4) is 0 Å². The molecule has 1 aliphatic rings. The second-order valence-electron chi connectivity index (χ2n) is 5.61. The van der Waals surface area contributed by atoms with Gasteiger partial charge in [-0.1, -0.05) is 48.9 Å². The number of carbonyl (C=O) groups excluding carboxylic acids is 1. The molecule has 2 rings (SSSR count). The molecule has 0 amide bonds. The molecule has 3 nitrogen and oxygen atoms in total. The van der Waals surface area contributed by atoms with E-state index in [1.807, 2.05) is 25.1 Å². The van der Waals surface area contributed by atoms with E-state index >= 15 is 0 Å². The van der Waals surface area contributed by atoms with E-state index in [4.69, 9.17) is 9.47 Å². The molecular weight excluding hydrogens is 264 g/mol. The molecule has 3 heteroatoms. The van der Waals surface area contributed by atoms with E-state index in [0.29, 0.717) is 6.61 Å². The molecule has 114 valence electrons. The molecular formula is C18H24O3. The third kappa shape index (κ3) is 3.94. The van der Waals surface area contributed by atoms with Crippen molar-refractivity contribution in [1.29, 1.82) is 0 Å². The zero-order chi connectivity index (χ0) is 15.3. The minimum absolute atomic E-state index is 0.00516. The Morgan fingerprint density at radius 1 is 1.33 bits per heavy atom. The largest absolute Gasteiger partial charge is 0.466 e. The Morgan fingerprint density at radius 2 is 2.05 bits per heavy atom. The Hall–Kier alpha value is -1.61. The van der Waals surface area contributed by atoms with E-state index in [9.17, 15) is 4.79 Å². The molecule has 0 spiro atoms. The first-order valence-corrected chi connectivity index (χ1v) is 7.65. The molecule has 0 radical (unpaired) electrons. The molecule has 0 N–H and O–H groups in total. The average molecular weight is 288 g/mol. The summed E-state index contributed by atoms with van der Waals surface area (Å²) >= 11 is 0. The average Bonchev–Trinajstić information content (AvgIpc) is 2.47. The maximum Gasteiger partial charge on any atom is 0.309 e. The van der Waals surface area contributed by atoms with Crippen LogP contribution >= 0.6 is 0 Å². The summed E-state index contributed by atoms with van der Waals surface area (Å²) in [5.41, 5.74) is 1.88. The minimum atomic E-state index is -0.547. The fourth-order valence-corrected chi connectivity index (χ4v) is 2.87. The van der Waals surface area contributed by atoms with Gasteiger partial charge in [0.05, 0.1) is 24.7 Å². The van der Waals surface area contributed by atoms with Gasteiger partial charge in [-0.15, -0.1) is 0 Å². The summed E-state index contributed by atoms with van der Waals surface area (Å²) in [5, 5.41) is 0. The molecule has 2 atom stereocenters. The monoisotopic (exact) mass is 288 g/mol. The molecule has 21 heavy (non-hydrogen) atoms. The van der Waals surface area contributed by atoms with Crippen LogP contribution in [0.5, 0.6) is 0 Å². The summed E-state index contributed by atoms with van der Waals surface area (Å²) in [6, 6.07) is 10.2. The molecule has 0 aromatic heterocycles. The van der Waals surface area contributed by atoms with Gasteiger partial charge in [-0.2, -0.15) is 0 Å². The predicted octanol–water partition coefficient (Wildman–Crippen LogP) is 4.20. The second-order valence-corrected chi connectivity index (χ2v) is 5.61. The molecule has 1 aromatic rings. The molecule has 0 saturated heterocycles. The zero-order valence-corrected chi connectivity index (χ0v) is 13.1. The SMILES string of the molecule is CCOC(=O)C[C@]1(CC)C=C(C)C[C@H](c2ccccc2)O1. The lowest BCUT2D eigenvalue weighted by atomic mass is 9.87. The molecule has 0 fully saturated rings. The second kappa shape index (κ2) is 6.90. The van der Waals surface area contributed by atoms with Crippen molar-refractivity contribution in [2.75, 3.05) is 6.61 Å². The van der Waals surface area contributed by atoms with Crippen molar-refractivity contribution in [1.82, 2.24) is 0 Å². The van der Waals surface area contributed by atoms with Crippen molar-refractivity contribution in [2.45, 2.75) is 51.7 Å². The van der Waals surface area contributed by atoms with Crippen LogP contribution in [0.3, 0.4) is 0 Å². The van der Waals surface area contributed by atoms with Gasteiger partial charge in [0.2, 0.25) is 0 Å². The fraction of sp³-hybridized carbons (Fsp3) is 0.500. The fourth-order valence-electron chi connectivity index (χ4n) is 2.87. The van der Waals surface area contributed by atoms with Gasteiger partial charge in [0.1, 0.15) is 0 Å². The highest BCUT2D eigenvalue weighted by Gasteiger charge is 2.37. The van der Waals surface area contributed by atoms with Gasteiger partial charge < -0.3 is 9.47 Å². The van der Waals surface area contributed by atoms with E-state index < -0.39 is 5.60 Å². The quantitative estimate of drug-likeness (QED) is 0.602. The van der Waals surface area contributed by atoms with Crippen LogP contribution in [-0.4, -0.2) is 18.2 Å². The first-order chi connectivity index (χ1) is 10.1. The molecule has 0 unspecified atom stereocenters. The molecule has 0 bridgehead atoms. The number of rotatable bonds is 5. The van der Waals surface area contributed by atoms with Gasteiger partial charge in [0, 0.05) is 0 Å². The molecule has 1 heterocycles. The number of hydrogen-bond donors (Lipinski definition) is 0. The van der Waals surface area contributed by atoms with E-state index in [0.717, 1.165) is 18.4 Å². The van der Waals surface area contributed by atoms with Gasteiger partial charge >= 0.3 is 5.97 Å². The van der Waals surface area contributed by atoms with Crippen LogP contribution < -0.4 is 0 Å². The third-order valence-corrected chi connectivity index (χ3v) is 3.91. The maximum atomic E-state index is 11.9. The summed E-state index contributed by atoms with van der Waals surface area (Å²) in [4.78, 5) is 11.9. The first-order valence-electron chi connectivity index (χ1n) is 7.65. The lowest BCUT2D eigenvalue weighted by Crippen LogP contribution is -2.37. The molecule has 0 aliphatic carbocycles. The first kappa shape index (κ1) is 15.8. The smallest absolute Gasteiger partial charge is 0.309 e.